The fourth-order valence-electron chi connectivity index (χ4n) is 6.58. The Kier molecular flexibility index (Phi) is 3.39. The van der Waals surface area contributed by atoms with Gasteiger partial charge in [-0.1, -0.05) is 63.4 Å². The molecule has 5 nitrogen and oxygen atoms in total. The molecule has 1 saturated carbocycles. The Morgan fingerprint density at radius 2 is 1.60 bits per heavy atom. The van der Waals surface area contributed by atoms with Crippen molar-refractivity contribution in [3.8, 4) is 0 Å². The van der Waals surface area contributed by atoms with Crippen molar-refractivity contribution in [1.29, 1.82) is 0 Å². The number of nitrogens with one attached hydrogen (secondary N) is 2. The van der Waals surface area contributed by atoms with Crippen LogP contribution in [0.25, 0.3) is 0 Å². The number of anilines is 2. The molecule has 0 saturated heterocycles. The molecule has 6 rings (SSSR count). The fourth-order valence-corrected chi connectivity index (χ4v) is 6.58. The second-order valence-electron chi connectivity index (χ2n) is 10.1. The first-order valence-corrected chi connectivity index (χ1v) is 11.1. The highest BCUT2D eigenvalue weighted by molar-refractivity contribution is 6.16. The van der Waals surface area contributed by atoms with E-state index in [4.69, 9.17) is 0 Å². The van der Waals surface area contributed by atoms with Gasteiger partial charge in [-0.25, -0.2) is 0 Å². The molecule has 1 unspecified atom stereocenters. The predicted molar refractivity (Wildman–Crippen MR) is 117 cm³/mol. The van der Waals surface area contributed by atoms with Crippen molar-refractivity contribution in [2.45, 2.75) is 69.0 Å². The van der Waals surface area contributed by atoms with Crippen LogP contribution in [0.5, 0.6) is 0 Å². The molecule has 0 radical (unpaired) electrons. The summed E-state index contributed by atoms with van der Waals surface area (Å²) in [5.74, 6) is -0.239. The van der Waals surface area contributed by atoms with Crippen molar-refractivity contribution < 1.29 is 9.59 Å². The van der Waals surface area contributed by atoms with Crippen molar-refractivity contribution >= 4 is 23.2 Å². The molecule has 0 bridgehead atoms. The van der Waals surface area contributed by atoms with E-state index >= 15 is 0 Å². The van der Waals surface area contributed by atoms with Gasteiger partial charge in [0.05, 0.1) is 11.3 Å². The topological polar surface area (TPSA) is 61.4 Å². The number of para-hydroxylation sites is 2. The summed E-state index contributed by atoms with van der Waals surface area (Å²) in [7, 11) is 0. The highest BCUT2D eigenvalue weighted by atomic mass is 16.2. The summed E-state index contributed by atoms with van der Waals surface area (Å²) in [5.41, 5.74) is 2.96. The van der Waals surface area contributed by atoms with E-state index in [1.807, 2.05) is 30.3 Å². The van der Waals surface area contributed by atoms with Gasteiger partial charge >= 0.3 is 0 Å². The Morgan fingerprint density at radius 1 is 0.867 bits per heavy atom. The number of hydrogen-bond donors (Lipinski definition) is 2. The second-order valence-corrected chi connectivity index (χ2v) is 10.1. The van der Waals surface area contributed by atoms with Crippen LogP contribution < -0.4 is 15.5 Å². The standard InChI is InChI=1S/C25H27N3O2/c1-23(2)15-24(13-6-3-7-14-24)28-20-17(23)10-8-11-18(20)25(22(28)30)26-19-12-5-4-9-16(19)21(29)27-25/h4-5,8-12,26H,3,6-7,13-15H2,1-2H3,(H,27,29). The summed E-state index contributed by atoms with van der Waals surface area (Å²) in [6, 6.07) is 13.6. The van der Waals surface area contributed by atoms with Crippen molar-refractivity contribution in [3.63, 3.8) is 0 Å². The lowest BCUT2D eigenvalue weighted by Crippen LogP contribution is -2.65. The number of fused-ring (bicyclic) bond motifs is 3. The van der Waals surface area contributed by atoms with Gasteiger partial charge in [-0.05, 0) is 42.4 Å². The monoisotopic (exact) mass is 401 g/mol. The number of carbonyl (C=O) groups is 2. The SMILES string of the molecule is CC1(C)CC2(CCCCC2)N2C(=O)C3(NC(=O)c4ccccc4N3)c3cccc1c32. The van der Waals surface area contributed by atoms with Crippen LogP contribution >= 0.6 is 0 Å². The van der Waals surface area contributed by atoms with Crippen LogP contribution in [0.4, 0.5) is 11.4 Å². The minimum Gasteiger partial charge on any atom is -0.350 e. The zero-order chi connectivity index (χ0) is 20.7. The molecule has 154 valence electrons. The predicted octanol–water partition coefficient (Wildman–Crippen LogP) is 4.43. The number of benzene rings is 2. The molecule has 0 aromatic heterocycles. The first kappa shape index (κ1) is 18.0. The molecule has 5 heteroatoms. The second kappa shape index (κ2) is 5.65. The van der Waals surface area contributed by atoms with Crippen LogP contribution in [-0.4, -0.2) is 17.4 Å². The molecule has 1 atom stereocenters. The molecule has 3 heterocycles. The van der Waals surface area contributed by atoms with Gasteiger partial charge in [0, 0.05) is 16.8 Å². The van der Waals surface area contributed by atoms with E-state index in [0.717, 1.165) is 43.4 Å². The van der Waals surface area contributed by atoms with Crippen LogP contribution in [0.15, 0.2) is 42.5 Å². The van der Waals surface area contributed by atoms with Crippen LogP contribution in [-0.2, 0) is 15.9 Å². The highest BCUT2D eigenvalue weighted by Crippen LogP contribution is 2.58. The molecule has 30 heavy (non-hydrogen) atoms. The molecule has 1 fully saturated rings. The van der Waals surface area contributed by atoms with E-state index in [9.17, 15) is 9.59 Å². The minimum atomic E-state index is -1.23. The molecule has 2 aromatic carbocycles. The van der Waals surface area contributed by atoms with E-state index in [2.05, 4.69) is 35.4 Å². The van der Waals surface area contributed by atoms with E-state index in [-0.39, 0.29) is 22.8 Å². The quantitative estimate of drug-likeness (QED) is 0.687. The Morgan fingerprint density at radius 3 is 2.40 bits per heavy atom. The zero-order valence-corrected chi connectivity index (χ0v) is 17.5. The summed E-state index contributed by atoms with van der Waals surface area (Å²) in [6.07, 6.45) is 6.53. The van der Waals surface area contributed by atoms with Gasteiger partial charge in [0.25, 0.3) is 11.8 Å². The van der Waals surface area contributed by atoms with Gasteiger partial charge in [0.2, 0.25) is 5.66 Å². The number of rotatable bonds is 0. The van der Waals surface area contributed by atoms with Crippen molar-refractivity contribution in [2.24, 2.45) is 0 Å². The summed E-state index contributed by atoms with van der Waals surface area (Å²) < 4.78 is 0. The summed E-state index contributed by atoms with van der Waals surface area (Å²) in [6.45, 7) is 4.60. The van der Waals surface area contributed by atoms with Crippen LogP contribution in [0.2, 0.25) is 0 Å². The average molecular weight is 402 g/mol. The maximum Gasteiger partial charge on any atom is 0.279 e. The van der Waals surface area contributed by atoms with Gasteiger partial charge < -0.3 is 15.5 Å². The zero-order valence-electron chi connectivity index (χ0n) is 17.5. The third kappa shape index (κ3) is 2.08. The van der Waals surface area contributed by atoms with E-state index in [0.29, 0.717) is 11.3 Å². The van der Waals surface area contributed by atoms with Crippen LogP contribution in [0.3, 0.4) is 0 Å². The van der Waals surface area contributed by atoms with Crippen molar-refractivity contribution in [2.75, 3.05) is 10.2 Å². The molecular formula is C25H27N3O2. The first-order chi connectivity index (χ1) is 14.4. The summed E-state index contributed by atoms with van der Waals surface area (Å²) in [4.78, 5) is 29.4. The van der Waals surface area contributed by atoms with Gasteiger partial charge in [-0.3, -0.25) is 9.59 Å². The molecule has 2 aromatic rings. The van der Waals surface area contributed by atoms with Crippen LogP contribution in [0.1, 0.15) is 73.9 Å². The third-order valence-electron chi connectivity index (χ3n) is 7.74. The number of hydrogen-bond acceptors (Lipinski definition) is 3. The lowest BCUT2D eigenvalue weighted by atomic mass is 9.64. The lowest BCUT2D eigenvalue weighted by molar-refractivity contribution is -0.125. The Labute approximate surface area is 176 Å². The first-order valence-electron chi connectivity index (χ1n) is 11.1. The highest BCUT2D eigenvalue weighted by Gasteiger charge is 2.63. The molecule has 3 aliphatic heterocycles. The maximum atomic E-state index is 14.2. The van der Waals surface area contributed by atoms with Gasteiger partial charge in [-0.15, -0.1) is 0 Å². The van der Waals surface area contributed by atoms with Crippen molar-refractivity contribution in [3.05, 3.63) is 59.2 Å². The van der Waals surface area contributed by atoms with Crippen LogP contribution in [0, 0.1) is 0 Å². The fraction of sp³-hybridized carbons (Fsp3) is 0.440. The minimum absolute atomic E-state index is 0.0262. The molecule has 1 aliphatic carbocycles. The molecule has 2 N–H and O–H groups in total. The Bertz CT molecular complexity index is 1100. The number of carbonyl (C=O) groups excluding carboxylic acids is 2. The van der Waals surface area contributed by atoms with E-state index in [1.165, 1.54) is 12.0 Å². The molecule has 2 spiro atoms. The molecule has 4 aliphatic rings. The van der Waals surface area contributed by atoms with Crippen molar-refractivity contribution in [1.82, 2.24) is 5.32 Å². The third-order valence-corrected chi connectivity index (χ3v) is 7.74. The Hall–Kier alpha value is -2.82. The van der Waals surface area contributed by atoms with E-state index in [1.54, 1.807) is 6.07 Å². The average Bonchev–Trinajstić information content (AvgIpc) is 2.96. The summed E-state index contributed by atoms with van der Waals surface area (Å²) in [5, 5.41) is 6.54. The maximum absolute atomic E-state index is 14.2. The van der Waals surface area contributed by atoms with Gasteiger partial charge in [0.15, 0.2) is 0 Å². The smallest absolute Gasteiger partial charge is 0.279 e. The normalized spacial score (nSPS) is 27.5. The van der Waals surface area contributed by atoms with E-state index < -0.39 is 5.66 Å². The van der Waals surface area contributed by atoms with Gasteiger partial charge in [-0.2, -0.15) is 0 Å². The molecule has 2 amide bonds. The van der Waals surface area contributed by atoms with Gasteiger partial charge in [0.1, 0.15) is 0 Å². The number of amides is 2. The number of nitrogens with zero attached hydrogens (tertiary/aromatic N) is 1. The molecular weight excluding hydrogens is 374 g/mol. The lowest BCUT2D eigenvalue weighted by Gasteiger charge is -2.53. The summed E-state index contributed by atoms with van der Waals surface area (Å²) >= 11 is 0. The Balaban J connectivity index is 1.61. The largest absolute Gasteiger partial charge is 0.350 e.